The number of carboxylic acid groups (broad SMARTS) is 1. The summed E-state index contributed by atoms with van der Waals surface area (Å²) in [6, 6.07) is 0. The van der Waals surface area contributed by atoms with Crippen molar-refractivity contribution in [1.82, 2.24) is 14.0 Å². The minimum Gasteiger partial charge on any atom is -0.477 e. The van der Waals surface area contributed by atoms with Crippen molar-refractivity contribution in [3.8, 4) is 0 Å². The minimum atomic E-state index is -4.08. The van der Waals surface area contributed by atoms with E-state index >= 15 is 0 Å². The average molecular weight is 361 g/mol. The SMILES string of the molecule is Cc1cn(S(=O)(=O)NCCNC(=O)OC(C)(C)C)c(C(=O)O)c1C. The van der Waals surface area contributed by atoms with Gasteiger partial charge in [-0.15, -0.1) is 0 Å². The molecule has 24 heavy (non-hydrogen) atoms. The van der Waals surface area contributed by atoms with Crippen LogP contribution in [-0.2, 0) is 14.9 Å². The predicted molar refractivity (Wildman–Crippen MR) is 87.4 cm³/mol. The van der Waals surface area contributed by atoms with Crippen LogP contribution in [-0.4, -0.2) is 48.2 Å². The molecular weight excluding hydrogens is 338 g/mol. The lowest BCUT2D eigenvalue weighted by molar-refractivity contribution is 0.0528. The number of alkyl carbamates (subject to hydrolysis) is 1. The molecule has 1 heterocycles. The van der Waals surface area contributed by atoms with Crippen molar-refractivity contribution in [2.75, 3.05) is 13.1 Å². The number of hydrogen-bond donors (Lipinski definition) is 3. The summed E-state index contributed by atoms with van der Waals surface area (Å²) >= 11 is 0. The first kappa shape index (κ1) is 20.0. The third-order valence-electron chi connectivity index (χ3n) is 3.02. The van der Waals surface area contributed by atoms with Gasteiger partial charge in [-0.25, -0.2) is 13.6 Å². The van der Waals surface area contributed by atoms with Crippen LogP contribution in [0.4, 0.5) is 4.79 Å². The first-order valence-corrected chi connectivity index (χ1v) is 8.68. The summed E-state index contributed by atoms with van der Waals surface area (Å²) in [5.74, 6) is -1.34. The zero-order chi connectivity index (χ0) is 18.7. The van der Waals surface area contributed by atoms with Gasteiger partial charge in [0.25, 0.3) is 0 Å². The van der Waals surface area contributed by atoms with Crippen molar-refractivity contribution in [3.05, 3.63) is 23.0 Å². The van der Waals surface area contributed by atoms with Crippen LogP contribution in [0.5, 0.6) is 0 Å². The summed E-state index contributed by atoms with van der Waals surface area (Å²) in [5.41, 5.74) is -0.0512. The van der Waals surface area contributed by atoms with Crippen LogP contribution in [0.2, 0.25) is 0 Å². The Morgan fingerprint density at radius 3 is 2.33 bits per heavy atom. The van der Waals surface area contributed by atoms with Gasteiger partial charge in [-0.1, -0.05) is 0 Å². The average Bonchev–Trinajstić information content (AvgIpc) is 2.70. The summed E-state index contributed by atoms with van der Waals surface area (Å²) < 4.78 is 32.4. The maximum absolute atomic E-state index is 12.2. The van der Waals surface area contributed by atoms with E-state index in [1.807, 2.05) is 0 Å². The normalized spacial score (nSPS) is 12.0. The van der Waals surface area contributed by atoms with E-state index in [2.05, 4.69) is 10.0 Å². The van der Waals surface area contributed by atoms with Gasteiger partial charge in [-0.2, -0.15) is 13.1 Å². The van der Waals surface area contributed by atoms with E-state index < -0.39 is 27.9 Å². The molecule has 136 valence electrons. The zero-order valence-electron chi connectivity index (χ0n) is 14.3. The molecular formula is C14H23N3O6S. The minimum absolute atomic E-state index is 0.00419. The maximum atomic E-state index is 12.2. The van der Waals surface area contributed by atoms with Gasteiger partial charge in [0, 0.05) is 19.3 Å². The predicted octanol–water partition coefficient (Wildman–Crippen LogP) is 1.01. The Morgan fingerprint density at radius 2 is 1.83 bits per heavy atom. The van der Waals surface area contributed by atoms with E-state index in [9.17, 15) is 23.1 Å². The van der Waals surface area contributed by atoms with E-state index in [1.54, 1.807) is 27.7 Å². The molecule has 10 heteroatoms. The number of hydrogen-bond acceptors (Lipinski definition) is 5. The molecule has 0 atom stereocenters. The van der Waals surface area contributed by atoms with Gasteiger partial charge in [0.1, 0.15) is 11.3 Å². The number of carbonyl (C=O) groups excluding carboxylic acids is 1. The highest BCUT2D eigenvalue weighted by atomic mass is 32.2. The fraction of sp³-hybridized carbons (Fsp3) is 0.571. The molecule has 0 aliphatic rings. The van der Waals surface area contributed by atoms with E-state index in [-0.39, 0.29) is 18.8 Å². The largest absolute Gasteiger partial charge is 0.477 e. The number of rotatable bonds is 6. The van der Waals surface area contributed by atoms with Crippen LogP contribution >= 0.6 is 0 Å². The van der Waals surface area contributed by atoms with Crippen LogP contribution in [0, 0.1) is 13.8 Å². The number of carbonyl (C=O) groups is 2. The Bertz CT molecular complexity index is 730. The van der Waals surface area contributed by atoms with Gasteiger partial charge in [0.05, 0.1) is 0 Å². The standard InChI is InChI=1S/C14H23N3O6S/c1-9-8-17(11(10(9)2)12(18)19)24(21,22)16-7-6-15-13(20)23-14(3,4)5/h8,16H,6-7H2,1-5H3,(H,15,20)(H,18,19). The van der Waals surface area contributed by atoms with Gasteiger partial charge in [-0.3, -0.25) is 0 Å². The van der Waals surface area contributed by atoms with Gasteiger partial charge >= 0.3 is 22.3 Å². The molecule has 1 aromatic heterocycles. The lowest BCUT2D eigenvalue weighted by atomic mass is 10.2. The summed E-state index contributed by atoms with van der Waals surface area (Å²) in [4.78, 5) is 22.7. The van der Waals surface area contributed by atoms with Gasteiger partial charge in [0.2, 0.25) is 0 Å². The molecule has 0 aliphatic heterocycles. The molecule has 0 bridgehead atoms. The van der Waals surface area contributed by atoms with Gasteiger partial charge in [0.15, 0.2) is 0 Å². The van der Waals surface area contributed by atoms with E-state index in [1.165, 1.54) is 13.1 Å². The number of carboxylic acids is 1. The number of amides is 1. The van der Waals surface area contributed by atoms with E-state index in [0.717, 1.165) is 0 Å². The topological polar surface area (TPSA) is 127 Å². The monoisotopic (exact) mass is 361 g/mol. The Kier molecular flexibility index (Phi) is 6.01. The Morgan fingerprint density at radius 1 is 1.25 bits per heavy atom. The van der Waals surface area contributed by atoms with Crippen molar-refractivity contribution in [1.29, 1.82) is 0 Å². The fourth-order valence-corrected chi connectivity index (χ4v) is 3.11. The number of ether oxygens (including phenoxy) is 1. The number of aromatic carboxylic acids is 1. The Labute approximate surface area is 141 Å². The third kappa shape index (κ3) is 5.24. The van der Waals surface area contributed by atoms with Crippen molar-refractivity contribution in [3.63, 3.8) is 0 Å². The summed E-state index contributed by atoms with van der Waals surface area (Å²) in [5, 5.41) is 11.6. The van der Waals surface area contributed by atoms with Crippen molar-refractivity contribution < 1.29 is 27.9 Å². The summed E-state index contributed by atoms with van der Waals surface area (Å²) in [7, 11) is -4.08. The molecule has 0 aliphatic carbocycles. The molecule has 0 fully saturated rings. The first-order chi connectivity index (χ1) is 10.8. The number of aryl methyl sites for hydroxylation is 1. The van der Waals surface area contributed by atoms with Gasteiger partial charge < -0.3 is 15.2 Å². The molecule has 0 aromatic carbocycles. The van der Waals surface area contributed by atoms with Crippen molar-refractivity contribution in [2.45, 2.75) is 40.2 Å². The molecule has 3 N–H and O–H groups in total. The Hall–Kier alpha value is -2.07. The van der Waals surface area contributed by atoms with Crippen LogP contribution in [0.25, 0.3) is 0 Å². The molecule has 1 aromatic rings. The molecule has 0 saturated heterocycles. The molecule has 0 saturated carbocycles. The van der Waals surface area contributed by atoms with Crippen molar-refractivity contribution in [2.24, 2.45) is 0 Å². The second-order valence-electron chi connectivity index (χ2n) is 6.21. The molecule has 9 nitrogen and oxygen atoms in total. The van der Waals surface area contributed by atoms with E-state index in [0.29, 0.717) is 15.1 Å². The lowest BCUT2D eigenvalue weighted by Crippen LogP contribution is -2.39. The highest BCUT2D eigenvalue weighted by Gasteiger charge is 2.24. The van der Waals surface area contributed by atoms with E-state index in [4.69, 9.17) is 4.74 Å². The molecule has 0 radical (unpaired) electrons. The van der Waals surface area contributed by atoms with Crippen LogP contribution in [0.1, 0.15) is 42.4 Å². The second kappa shape index (κ2) is 7.22. The summed E-state index contributed by atoms with van der Waals surface area (Å²) in [6.45, 7) is 8.16. The Balaban J connectivity index is 2.71. The molecule has 1 amide bonds. The smallest absolute Gasteiger partial charge is 0.407 e. The zero-order valence-corrected chi connectivity index (χ0v) is 15.2. The maximum Gasteiger partial charge on any atom is 0.407 e. The highest BCUT2D eigenvalue weighted by molar-refractivity contribution is 7.88. The number of nitrogens with zero attached hydrogens (tertiary/aromatic N) is 1. The fourth-order valence-electron chi connectivity index (χ4n) is 1.86. The highest BCUT2D eigenvalue weighted by Crippen LogP contribution is 2.17. The van der Waals surface area contributed by atoms with Crippen molar-refractivity contribution >= 4 is 22.3 Å². The van der Waals surface area contributed by atoms with Crippen LogP contribution < -0.4 is 10.0 Å². The number of nitrogens with one attached hydrogen (secondary N) is 2. The summed E-state index contributed by atoms with van der Waals surface area (Å²) in [6.07, 6.45) is 0.572. The van der Waals surface area contributed by atoms with Crippen LogP contribution in [0.15, 0.2) is 6.20 Å². The second-order valence-corrected chi connectivity index (χ2v) is 7.85. The first-order valence-electron chi connectivity index (χ1n) is 7.24. The van der Waals surface area contributed by atoms with Crippen LogP contribution in [0.3, 0.4) is 0 Å². The quantitative estimate of drug-likeness (QED) is 0.649. The lowest BCUT2D eigenvalue weighted by Gasteiger charge is -2.19. The third-order valence-corrected chi connectivity index (χ3v) is 4.39. The molecule has 0 unspecified atom stereocenters. The molecule has 0 spiro atoms. The van der Waals surface area contributed by atoms with Gasteiger partial charge in [-0.05, 0) is 45.7 Å². The molecule has 1 rings (SSSR count). The number of aromatic nitrogens is 1.